The molecular weight excluding hydrogens is 304 g/mol. The van der Waals surface area contributed by atoms with Crippen molar-refractivity contribution in [3.8, 4) is 0 Å². The number of amides is 1. The van der Waals surface area contributed by atoms with Gasteiger partial charge in [-0.2, -0.15) is 5.10 Å². The van der Waals surface area contributed by atoms with Crippen LogP contribution in [0.5, 0.6) is 0 Å². The minimum absolute atomic E-state index is 0.0250. The second-order valence-corrected chi connectivity index (χ2v) is 6.21. The van der Waals surface area contributed by atoms with Gasteiger partial charge in [-0.25, -0.2) is 0 Å². The van der Waals surface area contributed by atoms with E-state index >= 15 is 0 Å². The van der Waals surface area contributed by atoms with E-state index in [1.165, 1.54) is 0 Å². The number of fused-ring (bicyclic) bond motifs is 3. The summed E-state index contributed by atoms with van der Waals surface area (Å²) in [4.78, 5) is 24.7. The molecule has 1 aromatic carbocycles. The van der Waals surface area contributed by atoms with Gasteiger partial charge in [0.2, 0.25) is 0 Å². The van der Waals surface area contributed by atoms with Gasteiger partial charge in [0, 0.05) is 35.2 Å². The number of H-pyrrole nitrogens is 1. The number of hydrogen-bond donors (Lipinski definition) is 2. The van der Waals surface area contributed by atoms with Crippen LogP contribution in [0.15, 0.2) is 30.3 Å². The van der Waals surface area contributed by atoms with E-state index in [9.17, 15) is 9.59 Å². The van der Waals surface area contributed by atoms with Crippen LogP contribution in [0.2, 0.25) is 0 Å². The Labute approximate surface area is 138 Å². The normalized spacial score (nSPS) is 14.3. The summed E-state index contributed by atoms with van der Waals surface area (Å²) in [6, 6.07) is 9.39. The maximum absolute atomic E-state index is 12.5. The van der Waals surface area contributed by atoms with E-state index in [0.29, 0.717) is 17.8 Å². The number of carbonyl (C=O) groups is 2. The van der Waals surface area contributed by atoms with Crippen molar-refractivity contribution in [3.63, 3.8) is 0 Å². The second-order valence-electron chi connectivity index (χ2n) is 6.21. The average molecular weight is 322 g/mol. The summed E-state index contributed by atoms with van der Waals surface area (Å²) < 4.78 is 2.01. The van der Waals surface area contributed by atoms with Crippen LogP contribution >= 0.6 is 0 Å². The minimum Gasteiger partial charge on any atom is -0.351 e. The highest BCUT2D eigenvalue weighted by atomic mass is 16.2. The Morgan fingerprint density at radius 2 is 2.17 bits per heavy atom. The summed E-state index contributed by atoms with van der Waals surface area (Å²) in [7, 11) is 0. The first kappa shape index (κ1) is 14.7. The van der Waals surface area contributed by atoms with Gasteiger partial charge in [0.05, 0.1) is 12.1 Å². The molecule has 0 atom stereocenters. The fraction of sp³-hybridized carbons (Fsp3) is 0.278. The standard InChI is InChI=1S/C18H18N4O2/c1-11-7-14(21-20-11)10-17(23)13-4-3-12-8-16-18(24)19-5-2-6-22(16)15(12)9-13/h3-4,7-9H,2,5-6,10H2,1H3,(H,19,24)(H,20,21). The molecule has 2 N–H and O–H groups in total. The summed E-state index contributed by atoms with van der Waals surface area (Å²) in [5.74, 6) is -0.0272. The van der Waals surface area contributed by atoms with Gasteiger partial charge in [-0.15, -0.1) is 0 Å². The Balaban J connectivity index is 1.71. The third kappa shape index (κ3) is 2.50. The topological polar surface area (TPSA) is 79.8 Å². The molecule has 0 bridgehead atoms. The first-order valence-corrected chi connectivity index (χ1v) is 8.07. The molecule has 122 valence electrons. The molecule has 0 saturated carbocycles. The number of nitrogens with one attached hydrogen (secondary N) is 2. The van der Waals surface area contributed by atoms with Gasteiger partial charge in [-0.1, -0.05) is 12.1 Å². The monoisotopic (exact) mass is 322 g/mol. The number of aryl methyl sites for hydroxylation is 2. The van der Waals surface area contributed by atoms with Gasteiger partial charge >= 0.3 is 0 Å². The van der Waals surface area contributed by atoms with Gasteiger partial charge in [0.1, 0.15) is 5.69 Å². The SMILES string of the molecule is Cc1cc(CC(=O)c2ccc3cc4n(c3c2)CCCNC4=O)n[nH]1. The van der Waals surface area contributed by atoms with Gasteiger partial charge < -0.3 is 9.88 Å². The second kappa shape index (κ2) is 5.63. The molecule has 0 radical (unpaired) electrons. The molecule has 0 spiro atoms. The van der Waals surface area contributed by atoms with Crippen molar-refractivity contribution >= 4 is 22.6 Å². The summed E-state index contributed by atoms with van der Waals surface area (Å²) in [6.45, 7) is 3.36. The molecule has 6 nitrogen and oxygen atoms in total. The number of hydrogen-bond acceptors (Lipinski definition) is 3. The maximum Gasteiger partial charge on any atom is 0.267 e. The van der Waals surface area contributed by atoms with E-state index in [-0.39, 0.29) is 18.1 Å². The van der Waals surface area contributed by atoms with Crippen molar-refractivity contribution in [1.82, 2.24) is 20.1 Å². The lowest BCUT2D eigenvalue weighted by atomic mass is 10.0. The smallest absolute Gasteiger partial charge is 0.267 e. The van der Waals surface area contributed by atoms with Gasteiger partial charge in [-0.05, 0) is 31.5 Å². The molecule has 4 rings (SSSR count). The highest BCUT2D eigenvalue weighted by Crippen LogP contribution is 2.24. The van der Waals surface area contributed by atoms with E-state index < -0.39 is 0 Å². The molecule has 1 aliphatic rings. The Hall–Kier alpha value is -2.89. The number of ketones is 1. The van der Waals surface area contributed by atoms with Gasteiger partial charge in [0.15, 0.2) is 5.78 Å². The molecule has 0 saturated heterocycles. The zero-order chi connectivity index (χ0) is 16.7. The predicted molar refractivity (Wildman–Crippen MR) is 90.2 cm³/mol. The summed E-state index contributed by atoms with van der Waals surface area (Å²) >= 11 is 0. The van der Waals surface area contributed by atoms with Crippen molar-refractivity contribution in [1.29, 1.82) is 0 Å². The third-order valence-corrected chi connectivity index (χ3v) is 4.40. The lowest BCUT2D eigenvalue weighted by Gasteiger charge is -2.06. The van der Waals surface area contributed by atoms with Crippen LogP contribution in [-0.2, 0) is 13.0 Å². The van der Waals surface area contributed by atoms with Crippen LogP contribution in [0.1, 0.15) is 38.7 Å². The first-order chi connectivity index (χ1) is 11.6. The van der Waals surface area contributed by atoms with Crippen LogP contribution in [0.4, 0.5) is 0 Å². The number of aromatic nitrogens is 3. The summed E-state index contributed by atoms with van der Waals surface area (Å²) in [5.41, 5.74) is 3.93. The lowest BCUT2D eigenvalue weighted by Crippen LogP contribution is -2.22. The Morgan fingerprint density at radius 1 is 1.29 bits per heavy atom. The summed E-state index contributed by atoms with van der Waals surface area (Å²) in [5, 5.41) is 10.9. The number of carbonyl (C=O) groups excluding carboxylic acids is 2. The number of aromatic amines is 1. The molecule has 24 heavy (non-hydrogen) atoms. The lowest BCUT2D eigenvalue weighted by molar-refractivity contribution is 0.0950. The molecule has 0 unspecified atom stereocenters. The maximum atomic E-state index is 12.5. The van der Waals surface area contributed by atoms with E-state index in [1.54, 1.807) is 0 Å². The molecule has 2 aromatic heterocycles. The van der Waals surface area contributed by atoms with Crippen molar-refractivity contribution < 1.29 is 9.59 Å². The fourth-order valence-corrected chi connectivity index (χ4v) is 3.22. The first-order valence-electron chi connectivity index (χ1n) is 8.07. The predicted octanol–water partition coefficient (Wildman–Crippen LogP) is 2.23. The highest BCUT2D eigenvalue weighted by Gasteiger charge is 2.19. The third-order valence-electron chi connectivity index (χ3n) is 4.40. The number of benzene rings is 1. The molecule has 3 heterocycles. The molecular formula is C18H18N4O2. The molecule has 6 heteroatoms. The van der Waals surface area contributed by atoms with Gasteiger partial charge in [0.25, 0.3) is 5.91 Å². The zero-order valence-electron chi connectivity index (χ0n) is 13.4. The van der Waals surface area contributed by atoms with E-state index in [2.05, 4.69) is 15.5 Å². The number of Topliss-reactive ketones (excluding diaryl/α,β-unsaturated/α-hetero) is 1. The van der Waals surface area contributed by atoms with Crippen molar-refractivity contribution in [2.24, 2.45) is 0 Å². The fourth-order valence-electron chi connectivity index (χ4n) is 3.22. The van der Waals surface area contributed by atoms with E-state index in [0.717, 1.165) is 35.3 Å². The van der Waals surface area contributed by atoms with Crippen LogP contribution in [0.25, 0.3) is 10.9 Å². The largest absolute Gasteiger partial charge is 0.351 e. The molecule has 0 aliphatic carbocycles. The Morgan fingerprint density at radius 3 is 2.96 bits per heavy atom. The molecule has 3 aromatic rings. The van der Waals surface area contributed by atoms with E-state index in [4.69, 9.17) is 0 Å². The van der Waals surface area contributed by atoms with Gasteiger partial charge in [-0.3, -0.25) is 14.7 Å². The van der Waals surface area contributed by atoms with Crippen molar-refractivity contribution in [2.45, 2.75) is 26.3 Å². The van der Waals surface area contributed by atoms with Crippen LogP contribution in [0.3, 0.4) is 0 Å². The van der Waals surface area contributed by atoms with Crippen LogP contribution in [0, 0.1) is 6.92 Å². The van der Waals surface area contributed by atoms with Crippen molar-refractivity contribution in [2.75, 3.05) is 6.54 Å². The van der Waals surface area contributed by atoms with Crippen molar-refractivity contribution in [3.05, 3.63) is 53.0 Å². The quantitative estimate of drug-likeness (QED) is 0.726. The molecule has 1 aliphatic heterocycles. The van der Waals surface area contributed by atoms with Crippen LogP contribution < -0.4 is 5.32 Å². The molecule has 0 fully saturated rings. The number of rotatable bonds is 3. The highest BCUT2D eigenvalue weighted by molar-refractivity contribution is 6.03. The summed E-state index contributed by atoms with van der Waals surface area (Å²) in [6.07, 6.45) is 1.15. The minimum atomic E-state index is -0.0522. The zero-order valence-corrected chi connectivity index (χ0v) is 13.4. The molecule has 1 amide bonds. The number of nitrogens with zero attached hydrogens (tertiary/aromatic N) is 2. The Bertz CT molecular complexity index is 951. The average Bonchev–Trinajstić information content (AvgIpc) is 3.09. The Kier molecular flexibility index (Phi) is 3.45. The van der Waals surface area contributed by atoms with E-state index in [1.807, 2.05) is 41.8 Å². The van der Waals surface area contributed by atoms with Crippen LogP contribution in [-0.4, -0.2) is 33.0 Å².